The Labute approximate surface area is 211 Å². The minimum atomic E-state index is -0.187. The summed E-state index contributed by atoms with van der Waals surface area (Å²) in [6.07, 6.45) is 8.03. The molecule has 0 bridgehead atoms. The first kappa shape index (κ1) is 25.4. The van der Waals surface area contributed by atoms with Crippen molar-refractivity contribution in [1.82, 2.24) is 10.6 Å². The lowest BCUT2D eigenvalue weighted by atomic mass is 10.00. The van der Waals surface area contributed by atoms with Crippen LogP contribution in [0.5, 0.6) is 34.5 Å². The molecule has 36 heavy (non-hydrogen) atoms. The van der Waals surface area contributed by atoms with Crippen LogP contribution in [-0.4, -0.2) is 60.8 Å². The number of carbonyl (C=O) groups excluding carboxylic acids is 1. The molecule has 2 aliphatic heterocycles. The maximum Gasteiger partial charge on any atom is 0.231 e. The van der Waals surface area contributed by atoms with Crippen LogP contribution in [0.15, 0.2) is 24.3 Å². The van der Waals surface area contributed by atoms with Crippen molar-refractivity contribution in [3.63, 3.8) is 0 Å². The van der Waals surface area contributed by atoms with Gasteiger partial charge in [-0.15, -0.1) is 0 Å². The summed E-state index contributed by atoms with van der Waals surface area (Å²) in [7, 11) is 6.94. The highest BCUT2D eigenvalue weighted by Crippen LogP contribution is 2.46. The van der Waals surface area contributed by atoms with Crippen molar-refractivity contribution in [2.24, 2.45) is 0 Å². The molecule has 0 unspecified atom stereocenters. The SMILES string of the molecule is CNCCc1cc2c(c(OC)c1/C=C/C(=O)/C=C/c1c(CCNC)cc3c(c1OC)OCO3)OCO2. The first-order valence-electron chi connectivity index (χ1n) is 11.8. The highest BCUT2D eigenvalue weighted by atomic mass is 16.7. The van der Waals surface area contributed by atoms with Crippen LogP contribution >= 0.6 is 0 Å². The van der Waals surface area contributed by atoms with Gasteiger partial charge in [-0.2, -0.15) is 0 Å². The van der Waals surface area contributed by atoms with E-state index in [-0.39, 0.29) is 19.4 Å². The minimum absolute atomic E-state index is 0.138. The normalized spacial score (nSPS) is 13.7. The number of hydrogen-bond acceptors (Lipinski definition) is 9. The second-order valence-corrected chi connectivity index (χ2v) is 8.21. The Morgan fingerprint density at radius 2 is 1.25 bits per heavy atom. The van der Waals surface area contributed by atoms with E-state index in [4.69, 9.17) is 28.4 Å². The molecule has 2 heterocycles. The van der Waals surface area contributed by atoms with Gasteiger partial charge in [0.05, 0.1) is 14.2 Å². The van der Waals surface area contributed by atoms with Crippen molar-refractivity contribution in [1.29, 1.82) is 0 Å². The summed E-state index contributed by atoms with van der Waals surface area (Å²) < 4.78 is 33.6. The molecule has 0 aromatic heterocycles. The maximum atomic E-state index is 12.9. The van der Waals surface area contributed by atoms with Gasteiger partial charge in [-0.3, -0.25) is 4.79 Å². The number of methoxy groups -OCH3 is 2. The van der Waals surface area contributed by atoms with E-state index in [1.165, 1.54) is 12.2 Å². The quantitative estimate of drug-likeness (QED) is 0.430. The molecule has 0 atom stereocenters. The monoisotopic (exact) mass is 496 g/mol. The Hall–Kier alpha value is -3.69. The van der Waals surface area contributed by atoms with Gasteiger partial charge in [-0.05, 0) is 87.6 Å². The van der Waals surface area contributed by atoms with Crippen molar-refractivity contribution in [3.8, 4) is 34.5 Å². The van der Waals surface area contributed by atoms with E-state index in [0.717, 1.165) is 48.2 Å². The van der Waals surface area contributed by atoms with E-state index in [2.05, 4.69) is 10.6 Å². The average Bonchev–Trinajstić information content (AvgIpc) is 3.56. The van der Waals surface area contributed by atoms with Crippen LogP contribution in [0.3, 0.4) is 0 Å². The average molecular weight is 497 g/mol. The second-order valence-electron chi connectivity index (χ2n) is 8.21. The molecule has 0 saturated heterocycles. The van der Waals surface area contributed by atoms with Crippen molar-refractivity contribution >= 4 is 17.9 Å². The van der Waals surface area contributed by atoms with Gasteiger partial charge >= 0.3 is 0 Å². The summed E-state index contributed by atoms with van der Waals surface area (Å²) in [6.45, 7) is 1.80. The van der Waals surface area contributed by atoms with Gasteiger partial charge in [-0.25, -0.2) is 0 Å². The first-order chi connectivity index (χ1) is 17.6. The van der Waals surface area contributed by atoms with Crippen LogP contribution in [0.25, 0.3) is 12.2 Å². The van der Waals surface area contributed by atoms with Crippen molar-refractivity contribution in [2.45, 2.75) is 12.8 Å². The largest absolute Gasteiger partial charge is 0.492 e. The number of fused-ring (bicyclic) bond motifs is 2. The van der Waals surface area contributed by atoms with Crippen LogP contribution in [0.1, 0.15) is 22.3 Å². The number of ketones is 1. The molecule has 2 aromatic rings. The lowest BCUT2D eigenvalue weighted by Crippen LogP contribution is -2.11. The molecule has 9 heteroatoms. The Bertz CT molecular complexity index is 1080. The first-order valence-corrected chi connectivity index (χ1v) is 11.8. The van der Waals surface area contributed by atoms with Gasteiger partial charge in [0, 0.05) is 11.1 Å². The topological polar surface area (TPSA) is 96.5 Å². The van der Waals surface area contributed by atoms with Gasteiger partial charge in [0.1, 0.15) is 0 Å². The third-order valence-electron chi connectivity index (χ3n) is 6.01. The van der Waals surface area contributed by atoms with E-state index >= 15 is 0 Å². The Kier molecular flexibility index (Phi) is 8.35. The van der Waals surface area contributed by atoms with Crippen LogP contribution in [0.4, 0.5) is 0 Å². The number of allylic oxidation sites excluding steroid dienone is 2. The van der Waals surface area contributed by atoms with Crippen LogP contribution in [0, 0.1) is 0 Å². The molecule has 9 nitrogen and oxygen atoms in total. The summed E-state index contributed by atoms with van der Waals surface area (Å²) in [4.78, 5) is 12.9. The molecule has 0 aliphatic carbocycles. The molecule has 2 aliphatic rings. The van der Waals surface area contributed by atoms with Crippen LogP contribution in [0.2, 0.25) is 0 Å². The highest BCUT2D eigenvalue weighted by Gasteiger charge is 2.25. The molecule has 0 amide bonds. The lowest BCUT2D eigenvalue weighted by molar-refractivity contribution is -0.110. The molecule has 0 fully saturated rings. The molecular formula is C27H32N2O7. The number of rotatable bonds is 12. The predicted molar refractivity (Wildman–Crippen MR) is 137 cm³/mol. The molecule has 0 radical (unpaired) electrons. The zero-order valence-electron chi connectivity index (χ0n) is 21.1. The third kappa shape index (κ3) is 5.27. The molecule has 2 N–H and O–H groups in total. The second kappa shape index (κ2) is 11.8. The smallest absolute Gasteiger partial charge is 0.231 e. The highest BCUT2D eigenvalue weighted by molar-refractivity contribution is 6.05. The van der Waals surface area contributed by atoms with E-state index in [1.807, 2.05) is 26.2 Å². The zero-order valence-corrected chi connectivity index (χ0v) is 21.1. The summed E-state index contributed by atoms with van der Waals surface area (Å²) in [5.41, 5.74) is 3.55. The van der Waals surface area contributed by atoms with Crippen molar-refractivity contribution < 1.29 is 33.2 Å². The Balaban J connectivity index is 1.64. The number of nitrogens with one attached hydrogen (secondary N) is 2. The molecule has 0 spiro atoms. The predicted octanol–water partition coefficient (Wildman–Crippen LogP) is 2.98. The third-order valence-corrected chi connectivity index (χ3v) is 6.01. The van der Waals surface area contributed by atoms with Gasteiger partial charge in [-0.1, -0.05) is 0 Å². The summed E-state index contributed by atoms with van der Waals surface area (Å²) >= 11 is 0. The Morgan fingerprint density at radius 3 is 1.64 bits per heavy atom. The van der Waals surface area contributed by atoms with E-state index in [0.29, 0.717) is 34.5 Å². The zero-order chi connectivity index (χ0) is 25.5. The van der Waals surface area contributed by atoms with Crippen LogP contribution in [-0.2, 0) is 17.6 Å². The summed E-state index contributed by atoms with van der Waals surface area (Å²) in [5.74, 6) is 3.30. The van der Waals surface area contributed by atoms with Crippen LogP contribution < -0.4 is 39.1 Å². The Morgan fingerprint density at radius 1 is 0.806 bits per heavy atom. The fraction of sp³-hybridized carbons (Fsp3) is 0.370. The van der Waals surface area contributed by atoms with Crippen molar-refractivity contribution in [3.05, 3.63) is 46.5 Å². The fourth-order valence-corrected chi connectivity index (χ4v) is 4.24. The summed E-state index contributed by atoms with van der Waals surface area (Å²) in [5, 5.41) is 6.30. The lowest BCUT2D eigenvalue weighted by Gasteiger charge is -2.14. The van der Waals surface area contributed by atoms with Gasteiger partial charge in [0.25, 0.3) is 0 Å². The van der Waals surface area contributed by atoms with Gasteiger partial charge in [0.2, 0.25) is 25.1 Å². The van der Waals surface area contributed by atoms with Crippen molar-refractivity contribution in [2.75, 3.05) is 55.0 Å². The maximum absolute atomic E-state index is 12.9. The van der Waals surface area contributed by atoms with E-state index in [9.17, 15) is 4.79 Å². The number of carbonyl (C=O) groups is 1. The van der Waals surface area contributed by atoms with Gasteiger partial charge < -0.3 is 39.1 Å². The summed E-state index contributed by atoms with van der Waals surface area (Å²) in [6, 6.07) is 3.88. The number of benzene rings is 2. The van der Waals surface area contributed by atoms with Gasteiger partial charge in [0.15, 0.2) is 28.8 Å². The fourth-order valence-electron chi connectivity index (χ4n) is 4.24. The molecule has 4 rings (SSSR count). The van der Waals surface area contributed by atoms with E-state index < -0.39 is 0 Å². The standard InChI is InChI=1S/C27H32N2O7/c1-28-11-9-17-13-22-26(35-15-33-22)24(31-3)20(17)7-5-19(30)6-8-21-18(10-12-29-2)14-23-27(25(21)32-4)36-16-34-23/h5-8,13-14,28-29H,9-12,15-16H2,1-4H3/b7-5+,8-6+. The molecule has 192 valence electrons. The molecule has 2 aromatic carbocycles. The minimum Gasteiger partial charge on any atom is -0.492 e. The number of ether oxygens (including phenoxy) is 6. The number of likely N-dealkylation sites (N-methyl/N-ethyl adjacent to an activating group) is 2. The number of hydrogen-bond donors (Lipinski definition) is 2. The molecular weight excluding hydrogens is 464 g/mol. The molecule has 0 saturated carbocycles. The van der Waals surface area contributed by atoms with E-state index in [1.54, 1.807) is 26.4 Å².